The molecule has 194 valence electrons. The second-order valence-electron chi connectivity index (χ2n) is 7.77. The molecule has 0 spiro atoms. The van der Waals surface area contributed by atoms with Crippen LogP contribution in [0.2, 0.25) is 5.02 Å². The molecule has 0 bridgehead atoms. The van der Waals surface area contributed by atoms with E-state index in [-0.39, 0.29) is 34.5 Å². The number of nitro benzene ring substituents is 2. The Balaban J connectivity index is 1.46. The SMILES string of the molecule is CCOc1cc(/C=N\NC(=O)c2cc3cc([N+](=O)[O-])ccc3o2)cc(Cl)c1OCc1cccc([N+](=O)[O-])c1. The van der Waals surface area contributed by atoms with Crippen molar-refractivity contribution in [2.75, 3.05) is 6.61 Å². The highest BCUT2D eigenvalue weighted by molar-refractivity contribution is 6.32. The van der Waals surface area contributed by atoms with Crippen LogP contribution in [0.3, 0.4) is 0 Å². The molecule has 0 saturated heterocycles. The quantitative estimate of drug-likeness (QED) is 0.154. The third-order valence-electron chi connectivity index (χ3n) is 5.15. The molecular formula is C25H19ClN4O8. The summed E-state index contributed by atoms with van der Waals surface area (Å²) < 4.78 is 16.9. The molecule has 0 aliphatic carbocycles. The van der Waals surface area contributed by atoms with E-state index in [0.29, 0.717) is 34.5 Å². The number of nitrogens with one attached hydrogen (secondary N) is 1. The Hall–Kier alpha value is -4.97. The van der Waals surface area contributed by atoms with Gasteiger partial charge < -0.3 is 13.9 Å². The lowest BCUT2D eigenvalue weighted by atomic mass is 10.2. The number of non-ortho nitro benzene ring substituents is 2. The van der Waals surface area contributed by atoms with Gasteiger partial charge in [-0.25, -0.2) is 5.43 Å². The van der Waals surface area contributed by atoms with Crippen molar-refractivity contribution in [1.82, 2.24) is 5.43 Å². The summed E-state index contributed by atoms with van der Waals surface area (Å²) >= 11 is 6.41. The number of carbonyl (C=O) groups is 1. The number of benzene rings is 3. The first-order chi connectivity index (χ1) is 18.2. The van der Waals surface area contributed by atoms with Gasteiger partial charge in [0.15, 0.2) is 17.3 Å². The summed E-state index contributed by atoms with van der Waals surface area (Å²) in [7, 11) is 0. The molecule has 1 N–H and O–H groups in total. The number of furan rings is 1. The number of nitro groups is 2. The van der Waals surface area contributed by atoms with Gasteiger partial charge in [-0.2, -0.15) is 5.10 Å². The van der Waals surface area contributed by atoms with Crippen molar-refractivity contribution < 1.29 is 28.5 Å². The van der Waals surface area contributed by atoms with E-state index in [2.05, 4.69) is 10.5 Å². The van der Waals surface area contributed by atoms with Gasteiger partial charge in [0, 0.05) is 29.7 Å². The molecule has 0 saturated carbocycles. The topological polar surface area (TPSA) is 159 Å². The molecule has 4 rings (SSSR count). The van der Waals surface area contributed by atoms with Gasteiger partial charge in [0.1, 0.15) is 12.2 Å². The molecule has 38 heavy (non-hydrogen) atoms. The van der Waals surface area contributed by atoms with E-state index in [0.717, 1.165) is 0 Å². The number of amides is 1. The third kappa shape index (κ3) is 6.05. The molecular weight excluding hydrogens is 520 g/mol. The molecule has 1 amide bonds. The maximum atomic E-state index is 12.4. The summed E-state index contributed by atoms with van der Waals surface area (Å²) in [6.07, 6.45) is 1.34. The summed E-state index contributed by atoms with van der Waals surface area (Å²) in [6.45, 7) is 2.11. The zero-order valence-corrected chi connectivity index (χ0v) is 20.5. The zero-order chi connectivity index (χ0) is 27.2. The standard InChI is InChI=1S/C25H19ClN4O8/c1-2-36-22-10-16(9-20(26)24(22)37-14-15-4-3-5-18(8-15)29(32)33)13-27-28-25(31)23-12-17-11-19(30(34)35)6-7-21(17)38-23/h3-13H,2,14H2,1H3,(H,28,31)/b27-13-. The normalized spacial score (nSPS) is 11.0. The van der Waals surface area contributed by atoms with Crippen molar-refractivity contribution in [1.29, 1.82) is 0 Å². The van der Waals surface area contributed by atoms with Crippen molar-refractivity contribution in [2.24, 2.45) is 5.10 Å². The second-order valence-corrected chi connectivity index (χ2v) is 8.17. The molecule has 12 nitrogen and oxygen atoms in total. The number of hydrogen-bond donors (Lipinski definition) is 1. The lowest BCUT2D eigenvalue weighted by Gasteiger charge is -2.14. The van der Waals surface area contributed by atoms with Gasteiger partial charge in [0.25, 0.3) is 11.4 Å². The van der Waals surface area contributed by atoms with Crippen molar-refractivity contribution in [3.05, 3.63) is 103 Å². The van der Waals surface area contributed by atoms with Gasteiger partial charge in [-0.15, -0.1) is 0 Å². The fourth-order valence-electron chi connectivity index (χ4n) is 3.46. The minimum absolute atomic E-state index is 0.0195. The number of fused-ring (bicyclic) bond motifs is 1. The van der Waals surface area contributed by atoms with E-state index in [4.69, 9.17) is 25.5 Å². The predicted octanol–water partition coefficient (Wildman–Crippen LogP) is 5.64. The monoisotopic (exact) mass is 538 g/mol. The molecule has 0 unspecified atom stereocenters. The van der Waals surface area contributed by atoms with Gasteiger partial charge in [-0.05, 0) is 42.3 Å². The van der Waals surface area contributed by atoms with Crippen LogP contribution in [-0.2, 0) is 6.61 Å². The molecule has 0 aliphatic heterocycles. The minimum Gasteiger partial charge on any atom is -0.490 e. The van der Waals surface area contributed by atoms with Crippen LogP contribution in [0.4, 0.5) is 11.4 Å². The van der Waals surface area contributed by atoms with Crippen molar-refractivity contribution in [3.8, 4) is 11.5 Å². The average Bonchev–Trinajstić information content (AvgIpc) is 3.32. The van der Waals surface area contributed by atoms with E-state index in [9.17, 15) is 25.0 Å². The van der Waals surface area contributed by atoms with E-state index in [1.54, 1.807) is 31.2 Å². The van der Waals surface area contributed by atoms with Crippen LogP contribution in [-0.4, -0.2) is 28.6 Å². The number of hydrogen-bond acceptors (Lipinski definition) is 9. The highest BCUT2D eigenvalue weighted by Crippen LogP contribution is 2.37. The minimum atomic E-state index is -0.659. The van der Waals surface area contributed by atoms with Gasteiger partial charge in [-0.3, -0.25) is 25.0 Å². The van der Waals surface area contributed by atoms with Crippen molar-refractivity contribution in [2.45, 2.75) is 13.5 Å². The molecule has 1 heterocycles. The molecule has 13 heteroatoms. The Morgan fingerprint density at radius 2 is 1.82 bits per heavy atom. The molecule has 3 aromatic carbocycles. The highest BCUT2D eigenvalue weighted by Gasteiger charge is 2.16. The summed E-state index contributed by atoms with van der Waals surface area (Å²) in [5, 5.41) is 26.5. The summed E-state index contributed by atoms with van der Waals surface area (Å²) in [6, 6.07) is 14.6. The fraction of sp³-hybridized carbons (Fsp3) is 0.120. The van der Waals surface area contributed by atoms with E-state index >= 15 is 0 Å². The summed E-state index contributed by atoms with van der Waals surface area (Å²) in [4.78, 5) is 33.3. The van der Waals surface area contributed by atoms with E-state index in [1.807, 2.05) is 0 Å². The van der Waals surface area contributed by atoms with Gasteiger partial charge in [0.2, 0.25) is 0 Å². The largest absolute Gasteiger partial charge is 0.490 e. The summed E-state index contributed by atoms with van der Waals surface area (Å²) in [5.41, 5.74) is 3.53. The smallest absolute Gasteiger partial charge is 0.307 e. The van der Waals surface area contributed by atoms with Crippen molar-refractivity contribution >= 4 is 46.1 Å². The maximum absolute atomic E-state index is 12.4. The number of halogens is 1. The first-order valence-corrected chi connectivity index (χ1v) is 11.5. The van der Waals surface area contributed by atoms with E-state index in [1.165, 1.54) is 42.6 Å². The van der Waals surface area contributed by atoms with Crippen LogP contribution in [0.5, 0.6) is 11.5 Å². The lowest BCUT2D eigenvalue weighted by molar-refractivity contribution is -0.385. The van der Waals surface area contributed by atoms with E-state index < -0.39 is 15.8 Å². The molecule has 0 atom stereocenters. The van der Waals surface area contributed by atoms with Crippen molar-refractivity contribution in [3.63, 3.8) is 0 Å². The molecule has 4 aromatic rings. The second kappa shape index (κ2) is 11.4. The third-order valence-corrected chi connectivity index (χ3v) is 5.43. The lowest BCUT2D eigenvalue weighted by Crippen LogP contribution is -2.16. The Bertz CT molecular complexity index is 1570. The van der Waals surface area contributed by atoms with Gasteiger partial charge in [-0.1, -0.05) is 23.7 Å². The van der Waals surface area contributed by atoms with Crippen LogP contribution in [0.25, 0.3) is 11.0 Å². The van der Waals surface area contributed by atoms with Crippen LogP contribution >= 0.6 is 11.6 Å². The Morgan fingerprint density at radius 3 is 2.55 bits per heavy atom. The maximum Gasteiger partial charge on any atom is 0.307 e. The predicted molar refractivity (Wildman–Crippen MR) is 138 cm³/mol. The first kappa shape index (κ1) is 26.1. The number of nitrogens with zero attached hydrogens (tertiary/aromatic N) is 3. The first-order valence-electron chi connectivity index (χ1n) is 11.1. The number of hydrazone groups is 1. The van der Waals surface area contributed by atoms with Crippen LogP contribution in [0.1, 0.15) is 28.6 Å². The number of rotatable bonds is 10. The Morgan fingerprint density at radius 1 is 1.05 bits per heavy atom. The summed E-state index contributed by atoms with van der Waals surface area (Å²) in [5.74, 6) is -0.168. The molecule has 0 fully saturated rings. The Kier molecular flexibility index (Phi) is 7.83. The zero-order valence-electron chi connectivity index (χ0n) is 19.8. The Labute approximate surface area is 219 Å². The number of carbonyl (C=O) groups excluding carboxylic acids is 1. The van der Waals surface area contributed by atoms with Gasteiger partial charge >= 0.3 is 5.91 Å². The van der Waals surface area contributed by atoms with Crippen LogP contribution in [0, 0.1) is 20.2 Å². The van der Waals surface area contributed by atoms with Gasteiger partial charge in [0.05, 0.1) is 27.7 Å². The molecule has 0 radical (unpaired) electrons. The fourth-order valence-corrected chi connectivity index (χ4v) is 3.73. The average molecular weight is 539 g/mol. The highest BCUT2D eigenvalue weighted by atomic mass is 35.5. The van der Waals surface area contributed by atoms with Crippen LogP contribution < -0.4 is 14.9 Å². The van der Waals surface area contributed by atoms with Crippen LogP contribution in [0.15, 0.2) is 70.2 Å². The molecule has 1 aromatic heterocycles. The number of ether oxygens (including phenoxy) is 2. The molecule has 0 aliphatic rings.